The molecule has 0 saturated heterocycles. The quantitative estimate of drug-likeness (QED) is 0.393. The van der Waals surface area contributed by atoms with Crippen LogP contribution >= 0.6 is 0 Å². The van der Waals surface area contributed by atoms with Gasteiger partial charge in [-0.1, -0.05) is 6.92 Å². The Hall–Kier alpha value is -0.690. The van der Waals surface area contributed by atoms with Crippen LogP contribution in [0.5, 0.6) is 0 Å². The zero-order valence-electron chi connectivity index (χ0n) is 12.3. The van der Waals surface area contributed by atoms with Crippen molar-refractivity contribution in [1.29, 1.82) is 0 Å². The first-order chi connectivity index (χ1) is 9.26. The Kier molecular flexibility index (Phi) is 13.2. The van der Waals surface area contributed by atoms with Gasteiger partial charge in [0.05, 0.1) is 26.4 Å². The molecule has 0 saturated carbocycles. The largest absolute Gasteiger partial charge is 0.465 e. The summed E-state index contributed by atoms with van der Waals surface area (Å²) < 4.78 is 20.6. The molecule has 0 aliphatic heterocycles. The molecule has 0 heterocycles. The normalized spacial score (nSPS) is 12.4. The number of esters is 1. The highest BCUT2D eigenvalue weighted by Crippen LogP contribution is 1.93. The van der Waals surface area contributed by atoms with E-state index in [0.29, 0.717) is 46.2 Å². The average molecular weight is 277 g/mol. The molecule has 6 nitrogen and oxygen atoms in total. The smallest absolute Gasteiger partial charge is 0.325 e. The van der Waals surface area contributed by atoms with E-state index in [-0.39, 0.29) is 12.0 Å². The first-order valence-electron chi connectivity index (χ1n) is 6.80. The van der Waals surface area contributed by atoms with E-state index in [1.807, 2.05) is 6.92 Å². The predicted molar refractivity (Wildman–Crippen MR) is 72.2 cm³/mol. The molecule has 0 aromatic heterocycles. The molecule has 0 bridgehead atoms. The van der Waals surface area contributed by atoms with Crippen molar-refractivity contribution in [3.63, 3.8) is 0 Å². The van der Waals surface area contributed by atoms with Gasteiger partial charge in [-0.3, -0.25) is 4.79 Å². The molecule has 0 rings (SSSR count). The van der Waals surface area contributed by atoms with Gasteiger partial charge in [-0.15, -0.1) is 0 Å². The lowest BCUT2D eigenvalue weighted by Crippen LogP contribution is -2.41. The molecule has 0 aliphatic rings. The van der Waals surface area contributed by atoms with Crippen molar-refractivity contribution in [2.75, 3.05) is 53.3 Å². The number of likely N-dealkylation sites (N-methyl/N-ethyl adjacent to an activating group) is 1. The number of methoxy groups -OCH3 is 1. The first kappa shape index (κ1) is 18.3. The van der Waals surface area contributed by atoms with Gasteiger partial charge < -0.3 is 24.3 Å². The minimum Gasteiger partial charge on any atom is -0.465 e. The molecule has 0 amide bonds. The highest BCUT2D eigenvalue weighted by atomic mass is 16.5. The number of carbonyl (C=O) groups excluding carboxylic acids is 1. The molecule has 19 heavy (non-hydrogen) atoms. The van der Waals surface area contributed by atoms with Crippen molar-refractivity contribution >= 4 is 5.97 Å². The van der Waals surface area contributed by atoms with Gasteiger partial charge in [0.25, 0.3) is 0 Å². The Morgan fingerprint density at radius 3 is 2.47 bits per heavy atom. The lowest BCUT2D eigenvalue weighted by atomic mass is 10.3. The summed E-state index contributed by atoms with van der Waals surface area (Å²) in [4.78, 5) is 11.6. The molecule has 0 aromatic rings. The van der Waals surface area contributed by atoms with Crippen LogP contribution in [0.15, 0.2) is 0 Å². The number of carbonyl (C=O) groups is 1. The van der Waals surface area contributed by atoms with Crippen molar-refractivity contribution in [3.8, 4) is 0 Å². The number of rotatable bonds is 13. The van der Waals surface area contributed by atoms with Crippen LogP contribution in [0.2, 0.25) is 0 Å². The van der Waals surface area contributed by atoms with Crippen LogP contribution in [0.25, 0.3) is 0 Å². The zero-order valence-corrected chi connectivity index (χ0v) is 12.3. The van der Waals surface area contributed by atoms with E-state index in [9.17, 15) is 4.79 Å². The second kappa shape index (κ2) is 13.7. The van der Waals surface area contributed by atoms with E-state index in [0.717, 1.165) is 6.42 Å². The Morgan fingerprint density at radius 2 is 1.84 bits per heavy atom. The third kappa shape index (κ3) is 10.9. The number of hydrogen-bond acceptors (Lipinski definition) is 6. The highest BCUT2D eigenvalue weighted by Gasteiger charge is 2.18. The first-order valence-corrected chi connectivity index (χ1v) is 6.80. The van der Waals surface area contributed by atoms with Gasteiger partial charge in [-0.2, -0.15) is 0 Å². The summed E-state index contributed by atoms with van der Waals surface area (Å²) in [6.45, 7) is 7.54. The summed E-state index contributed by atoms with van der Waals surface area (Å²) in [6, 6.07) is -0.389. The van der Waals surface area contributed by atoms with Crippen LogP contribution in [0, 0.1) is 0 Å². The van der Waals surface area contributed by atoms with Crippen molar-refractivity contribution in [3.05, 3.63) is 0 Å². The molecular formula is C13H27NO5. The maximum Gasteiger partial charge on any atom is 0.325 e. The molecule has 1 unspecified atom stereocenters. The molecule has 1 atom stereocenters. The minimum absolute atomic E-state index is 0.263. The van der Waals surface area contributed by atoms with Crippen molar-refractivity contribution in [2.24, 2.45) is 0 Å². The summed E-state index contributed by atoms with van der Waals surface area (Å²) >= 11 is 0. The van der Waals surface area contributed by atoms with Crippen LogP contribution in [0.4, 0.5) is 0 Å². The van der Waals surface area contributed by atoms with Gasteiger partial charge >= 0.3 is 5.97 Å². The second-order valence-electron chi connectivity index (χ2n) is 3.90. The predicted octanol–water partition coefficient (Wildman–Crippen LogP) is 0.597. The lowest BCUT2D eigenvalue weighted by molar-refractivity contribution is -0.147. The molecule has 114 valence electrons. The van der Waals surface area contributed by atoms with Gasteiger partial charge in [0, 0.05) is 20.3 Å². The van der Waals surface area contributed by atoms with E-state index < -0.39 is 0 Å². The minimum atomic E-state index is -0.389. The fourth-order valence-electron chi connectivity index (χ4n) is 1.41. The van der Waals surface area contributed by atoms with Crippen molar-refractivity contribution < 1.29 is 23.7 Å². The maximum absolute atomic E-state index is 11.6. The highest BCUT2D eigenvalue weighted by molar-refractivity contribution is 5.75. The van der Waals surface area contributed by atoms with Gasteiger partial charge in [0.2, 0.25) is 0 Å². The summed E-state index contributed by atoms with van der Waals surface area (Å²) in [5, 5.41) is 3.04. The third-order valence-corrected chi connectivity index (χ3v) is 2.32. The third-order valence-electron chi connectivity index (χ3n) is 2.32. The van der Waals surface area contributed by atoms with E-state index in [1.165, 1.54) is 0 Å². The molecule has 0 aromatic carbocycles. The number of nitrogens with one attached hydrogen (secondary N) is 1. The van der Waals surface area contributed by atoms with Gasteiger partial charge in [-0.05, 0) is 19.9 Å². The van der Waals surface area contributed by atoms with Gasteiger partial charge in [0.1, 0.15) is 6.04 Å². The second-order valence-corrected chi connectivity index (χ2v) is 3.90. The van der Waals surface area contributed by atoms with E-state index in [4.69, 9.17) is 18.9 Å². The fourth-order valence-corrected chi connectivity index (χ4v) is 1.41. The monoisotopic (exact) mass is 277 g/mol. The van der Waals surface area contributed by atoms with Gasteiger partial charge in [-0.25, -0.2) is 0 Å². The Labute approximate surface area is 115 Å². The van der Waals surface area contributed by atoms with Crippen LogP contribution in [-0.4, -0.2) is 65.3 Å². The van der Waals surface area contributed by atoms with Crippen LogP contribution in [0.1, 0.15) is 20.3 Å². The average Bonchev–Trinajstić information content (AvgIpc) is 2.40. The molecule has 0 aliphatic carbocycles. The summed E-state index contributed by atoms with van der Waals surface area (Å²) in [5.41, 5.74) is 0. The molecular weight excluding hydrogens is 250 g/mol. The molecule has 0 spiro atoms. The van der Waals surface area contributed by atoms with Crippen LogP contribution < -0.4 is 5.32 Å². The Balaban J connectivity index is 3.55. The Morgan fingerprint density at radius 1 is 1.11 bits per heavy atom. The zero-order chi connectivity index (χ0) is 14.3. The Bertz CT molecular complexity index is 213. The molecule has 0 fully saturated rings. The van der Waals surface area contributed by atoms with Crippen LogP contribution in [0.3, 0.4) is 0 Å². The van der Waals surface area contributed by atoms with E-state index in [1.54, 1.807) is 14.0 Å². The fraction of sp³-hybridized carbons (Fsp3) is 0.923. The summed E-state index contributed by atoms with van der Waals surface area (Å²) in [6.07, 6.45) is 0.797. The summed E-state index contributed by atoms with van der Waals surface area (Å²) in [5.74, 6) is -0.263. The standard InChI is InChI=1S/C13H27NO5/c1-4-14-12(13(15)19-5-2)11-18-8-6-7-17-10-9-16-3/h12,14H,4-11H2,1-3H3. The lowest BCUT2D eigenvalue weighted by Gasteiger charge is -2.16. The topological polar surface area (TPSA) is 66.0 Å². The SMILES string of the molecule is CCNC(COCCCOCCOC)C(=O)OCC. The summed E-state index contributed by atoms with van der Waals surface area (Å²) in [7, 11) is 1.64. The van der Waals surface area contributed by atoms with E-state index in [2.05, 4.69) is 5.32 Å². The van der Waals surface area contributed by atoms with Gasteiger partial charge in [0.15, 0.2) is 0 Å². The van der Waals surface area contributed by atoms with E-state index >= 15 is 0 Å². The number of ether oxygens (including phenoxy) is 4. The van der Waals surface area contributed by atoms with Crippen LogP contribution in [-0.2, 0) is 23.7 Å². The molecule has 6 heteroatoms. The maximum atomic E-state index is 11.6. The molecule has 1 N–H and O–H groups in total. The van der Waals surface area contributed by atoms with Crippen molar-refractivity contribution in [2.45, 2.75) is 26.3 Å². The molecule has 0 radical (unpaired) electrons. The number of hydrogen-bond donors (Lipinski definition) is 1. The van der Waals surface area contributed by atoms with Crippen molar-refractivity contribution in [1.82, 2.24) is 5.32 Å².